The fraction of sp³-hybridized carbons (Fsp3) is 0.400. The van der Waals surface area contributed by atoms with Crippen molar-refractivity contribution >= 4 is 17.3 Å². The van der Waals surface area contributed by atoms with Gasteiger partial charge in [-0.25, -0.2) is 0 Å². The lowest BCUT2D eigenvalue weighted by Crippen LogP contribution is -1.97. The molecule has 4 nitrogen and oxygen atoms in total. The molecule has 0 saturated carbocycles. The van der Waals surface area contributed by atoms with Crippen LogP contribution >= 0.6 is 11.6 Å². The molecular formula is C10H12ClNO3. The molecule has 1 rings (SSSR count). The van der Waals surface area contributed by atoms with Crippen LogP contribution in [0.3, 0.4) is 0 Å². The Morgan fingerprint density at radius 3 is 2.80 bits per heavy atom. The van der Waals surface area contributed by atoms with E-state index in [1.54, 1.807) is 6.07 Å². The SMILES string of the molecule is CCCCOc1ccc([N+](=O)[O-])c(Cl)c1. The van der Waals surface area contributed by atoms with Crippen molar-refractivity contribution in [2.45, 2.75) is 19.8 Å². The first-order valence-electron chi connectivity index (χ1n) is 4.72. The molecule has 0 atom stereocenters. The summed E-state index contributed by atoms with van der Waals surface area (Å²) < 4.78 is 5.35. The third kappa shape index (κ3) is 3.40. The quantitative estimate of drug-likeness (QED) is 0.442. The zero-order valence-corrected chi connectivity index (χ0v) is 9.16. The minimum atomic E-state index is -0.516. The third-order valence-corrected chi connectivity index (χ3v) is 2.19. The van der Waals surface area contributed by atoms with Crippen LogP contribution in [0.2, 0.25) is 5.02 Å². The maximum atomic E-state index is 10.5. The lowest BCUT2D eigenvalue weighted by Gasteiger charge is -2.05. The van der Waals surface area contributed by atoms with Gasteiger partial charge in [0.15, 0.2) is 0 Å². The van der Waals surface area contributed by atoms with Gasteiger partial charge in [0.2, 0.25) is 0 Å². The molecule has 0 aliphatic heterocycles. The van der Waals surface area contributed by atoms with Gasteiger partial charge in [-0.2, -0.15) is 0 Å². The minimum Gasteiger partial charge on any atom is -0.494 e. The summed E-state index contributed by atoms with van der Waals surface area (Å²) in [7, 11) is 0. The minimum absolute atomic E-state index is 0.0977. The second-order valence-corrected chi connectivity index (χ2v) is 3.48. The van der Waals surface area contributed by atoms with E-state index in [0.717, 1.165) is 12.8 Å². The van der Waals surface area contributed by atoms with Crippen molar-refractivity contribution in [2.24, 2.45) is 0 Å². The fourth-order valence-electron chi connectivity index (χ4n) is 1.06. The molecule has 0 unspecified atom stereocenters. The van der Waals surface area contributed by atoms with Gasteiger partial charge in [-0.05, 0) is 12.5 Å². The number of hydrogen-bond donors (Lipinski definition) is 0. The van der Waals surface area contributed by atoms with Gasteiger partial charge in [-0.15, -0.1) is 0 Å². The average Bonchev–Trinajstić information content (AvgIpc) is 2.17. The monoisotopic (exact) mass is 229 g/mol. The van der Waals surface area contributed by atoms with Gasteiger partial charge in [-0.1, -0.05) is 24.9 Å². The Bertz CT molecular complexity index is 355. The molecular weight excluding hydrogens is 218 g/mol. The molecule has 0 radical (unpaired) electrons. The standard InChI is InChI=1S/C10H12ClNO3/c1-2-3-6-15-8-4-5-10(12(13)14)9(11)7-8/h4-5,7H,2-3,6H2,1H3. The number of unbranched alkanes of at least 4 members (excludes halogenated alkanes) is 1. The first-order valence-corrected chi connectivity index (χ1v) is 5.09. The first-order chi connectivity index (χ1) is 7.15. The molecule has 0 N–H and O–H groups in total. The summed E-state index contributed by atoms with van der Waals surface area (Å²) >= 11 is 5.72. The van der Waals surface area contributed by atoms with Gasteiger partial charge in [0, 0.05) is 12.1 Å². The maximum Gasteiger partial charge on any atom is 0.288 e. The average molecular weight is 230 g/mol. The van der Waals surface area contributed by atoms with E-state index in [2.05, 4.69) is 6.92 Å². The van der Waals surface area contributed by atoms with Crippen molar-refractivity contribution in [2.75, 3.05) is 6.61 Å². The van der Waals surface area contributed by atoms with E-state index in [4.69, 9.17) is 16.3 Å². The smallest absolute Gasteiger partial charge is 0.288 e. The number of benzene rings is 1. The Morgan fingerprint density at radius 1 is 1.53 bits per heavy atom. The van der Waals surface area contributed by atoms with Crippen LogP contribution in [-0.4, -0.2) is 11.5 Å². The van der Waals surface area contributed by atoms with Crippen LogP contribution in [0.15, 0.2) is 18.2 Å². The molecule has 0 aromatic heterocycles. The number of nitro groups is 1. The summed E-state index contributed by atoms with van der Waals surface area (Å²) in [5.74, 6) is 0.569. The van der Waals surface area contributed by atoms with Crippen molar-refractivity contribution in [1.82, 2.24) is 0 Å². The van der Waals surface area contributed by atoms with E-state index in [-0.39, 0.29) is 10.7 Å². The largest absolute Gasteiger partial charge is 0.494 e. The number of hydrogen-bond acceptors (Lipinski definition) is 3. The predicted molar refractivity (Wildman–Crippen MR) is 58.5 cm³/mol. The summed E-state index contributed by atoms with van der Waals surface area (Å²) in [4.78, 5) is 9.96. The highest BCUT2D eigenvalue weighted by Crippen LogP contribution is 2.28. The Morgan fingerprint density at radius 2 is 2.27 bits per heavy atom. The van der Waals surface area contributed by atoms with Gasteiger partial charge in [-0.3, -0.25) is 10.1 Å². The van der Waals surface area contributed by atoms with Crippen molar-refractivity contribution < 1.29 is 9.66 Å². The van der Waals surface area contributed by atoms with Crippen LogP contribution in [0, 0.1) is 10.1 Å². The lowest BCUT2D eigenvalue weighted by atomic mass is 10.3. The van der Waals surface area contributed by atoms with E-state index in [9.17, 15) is 10.1 Å². The summed E-state index contributed by atoms with van der Waals surface area (Å²) in [5, 5.41) is 10.6. The Labute approximate surface area is 93.0 Å². The predicted octanol–water partition coefficient (Wildman–Crippen LogP) is 3.43. The van der Waals surface area contributed by atoms with Gasteiger partial charge in [0.1, 0.15) is 10.8 Å². The summed E-state index contributed by atoms with van der Waals surface area (Å²) in [6, 6.07) is 4.37. The van der Waals surface area contributed by atoms with E-state index in [1.807, 2.05) is 0 Å². The molecule has 0 aliphatic carbocycles. The fourth-order valence-corrected chi connectivity index (χ4v) is 1.30. The van der Waals surface area contributed by atoms with Gasteiger partial charge >= 0.3 is 0 Å². The maximum absolute atomic E-state index is 10.5. The highest BCUT2D eigenvalue weighted by Gasteiger charge is 2.12. The number of ether oxygens (including phenoxy) is 1. The van der Waals surface area contributed by atoms with Gasteiger partial charge in [0.25, 0.3) is 5.69 Å². The molecule has 15 heavy (non-hydrogen) atoms. The topological polar surface area (TPSA) is 52.4 Å². The Kier molecular flexibility index (Phi) is 4.37. The zero-order chi connectivity index (χ0) is 11.3. The van der Waals surface area contributed by atoms with E-state index < -0.39 is 4.92 Å². The lowest BCUT2D eigenvalue weighted by molar-refractivity contribution is -0.384. The van der Waals surface area contributed by atoms with E-state index in [0.29, 0.717) is 12.4 Å². The number of halogens is 1. The first kappa shape index (κ1) is 11.8. The molecule has 0 saturated heterocycles. The molecule has 0 aliphatic rings. The molecule has 0 fully saturated rings. The second kappa shape index (κ2) is 5.56. The van der Waals surface area contributed by atoms with Crippen molar-refractivity contribution in [3.63, 3.8) is 0 Å². The molecule has 0 spiro atoms. The zero-order valence-electron chi connectivity index (χ0n) is 8.40. The van der Waals surface area contributed by atoms with Gasteiger partial charge < -0.3 is 4.74 Å². The molecule has 82 valence electrons. The third-order valence-electron chi connectivity index (χ3n) is 1.88. The number of rotatable bonds is 5. The summed E-state index contributed by atoms with van der Waals surface area (Å²) in [6.07, 6.45) is 2.00. The van der Waals surface area contributed by atoms with E-state index in [1.165, 1.54) is 12.1 Å². The van der Waals surface area contributed by atoms with Crippen LogP contribution in [0.25, 0.3) is 0 Å². The van der Waals surface area contributed by atoms with Crippen molar-refractivity contribution in [3.8, 4) is 5.75 Å². The van der Waals surface area contributed by atoms with Crippen LogP contribution in [0.5, 0.6) is 5.75 Å². The number of nitrogens with zero attached hydrogens (tertiary/aromatic N) is 1. The van der Waals surface area contributed by atoms with Crippen LogP contribution < -0.4 is 4.74 Å². The number of nitro benzene ring substituents is 1. The molecule has 0 heterocycles. The van der Waals surface area contributed by atoms with Gasteiger partial charge in [0.05, 0.1) is 11.5 Å². The van der Waals surface area contributed by atoms with Crippen molar-refractivity contribution in [3.05, 3.63) is 33.3 Å². The molecule has 1 aromatic carbocycles. The second-order valence-electron chi connectivity index (χ2n) is 3.07. The summed E-state index contributed by atoms with van der Waals surface area (Å²) in [5.41, 5.74) is -0.0977. The highest BCUT2D eigenvalue weighted by molar-refractivity contribution is 6.32. The highest BCUT2D eigenvalue weighted by atomic mass is 35.5. The van der Waals surface area contributed by atoms with Crippen LogP contribution in [0.4, 0.5) is 5.69 Å². The normalized spacial score (nSPS) is 10.0. The molecule has 1 aromatic rings. The van der Waals surface area contributed by atoms with Crippen LogP contribution in [0.1, 0.15) is 19.8 Å². The molecule has 5 heteroatoms. The van der Waals surface area contributed by atoms with Crippen molar-refractivity contribution in [1.29, 1.82) is 0 Å². The Balaban J connectivity index is 2.69. The Hall–Kier alpha value is -1.29. The van der Waals surface area contributed by atoms with E-state index >= 15 is 0 Å². The summed E-state index contributed by atoms with van der Waals surface area (Å²) in [6.45, 7) is 2.66. The molecule has 0 amide bonds. The van der Waals surface area contributed by atoms with Crippen LogP contribution in [-0.2, 0) is 0 Å². The molecule has 0 bridgehead atoms.